The topological polar surface area (TPSA) is 130 Å². The summed E-state index contributed by atoms with van der Waals surface area (Å²) in [5.74, 6) is -2.99. The van der Waals surface area contributed by atoms with Crippen LogP contribution in [0.25, 0.3) is 0 Å². The molecule has 0 spiro atoms. The van der Waals surface area contributed by atoms with Gasteiger partial charge in [-0.15, -0.1) is 0 Å². The Morgan fingerprint density at radius 1 is 1.17 bits per heavy atom. The van der Waals surface area contributed by atoms with E-state index in [1.54, 1.807) is 0 Å². The van der Waals surface area contributed by atoms with E-state index in [1.165, 1.54) is 0 Å². The molecule has 0 aliphatic heterocycles. The monoisotopic (exact) mass is 258 g/mol. The van der Waals surface area contributed by atoms with Crippen molar-refractivity contribution in [1.82, 2.24) is 5.32 Å². The van der Waals surface area contributed by atoms with Crippen LogP contribution in [-0.4, -0.2) is 39.6 Å². The fraction of sp³-hybridized carbons (Fsp3) is 0.727. The molecule has 1 saturated carbocycles. The number of nitrogens with one attached hydrogen (secondary N) is 1. The van der Waals surface area contributed by atoms with Gasteiger partial charge in [0.2, 0.25) is 5.91 Å². The molecule has 1 atom stereocenters. The molecular weight excluding hydrogens is 240 g/mol. The van der Waals surface area contributed by atoms with Crippen LogP contribution in [0.3, 0.4) is 0 Å². The second-order valence-electron chi connectivity index (χ2n) is 4.64. The predicted octanol–water partition coefficient (Wildman–Crippen LogP) is -0.308. The number of aliphatic carboxylic acids is 2. The molecular formula is C11H18N2O5. The van der Waals surface area contributed by atoms with Gasteiger partial charge in [0.25, 0.3) is 0 Å². The van der Waals surface area contributed by atoms with Gasteiger partial charge in [-0.05, 0) is 12.8 Å². The van der Waals surface area contributed by atoms with Gasteiger partial charge in [-0.2, -0.15) is 0 Å². The smallest absolute Gasteiger partial charge is 0.329 e. The highest BCUT2D eigenvalue weighted by molar-refractivity contribution is 5.91. The van der Waals surface area contributed by atoms with Gasteiger partial charge >= 0.3 is 11.9 Å². The molecule has 7 nitrogen and oxygen atoms in total. The molecule has 0 aromatic rings. The van der Waals surface area contributed by atoms with Crippen molar-refractivity contribution in [3.05, 3.63) is 0 Å². The minimum atomic E-state index is -1.29. The zero-order valence-corrected chi connectivity index (χ0v) is 10.0. The number of nitrogens with two attached hydrogens (primary N) is 1. The maximum Gasteiger partial charge on any atom is 0.329 e. The third-order valence-corrected chi connectivity index (χ3v) is 3.21. The van der Waals surface area contributed by atoms with Crippen molar-refractivity contribution in [2.24, 2.45) is 5.73 Å². The first-order chi connectivity index (χ1) is 8.37. The van der Waals surface area contributed by atoms with Crippen LogP contribution in [-0.2, 0) is 14.4 Å². The lowest BCUT2D eigenvalue weighted by molar-refractivity contribution is -0.149. The van der Waals surface area contributed by atoms with Crippen LogP contribution in [0.1, 0.15) is 38.5 Å². The Kier molecular flexibility index (Phi) is 4.66. The van der Waals surface area contributed by atoms with Crippen molar-refractivity contribution in [1.29, 1.82) is 0 Å². The Morgan fingerprint density at radius 3 is 2.17 bits per heavy atom. The van der Waals surface area contributed by atoms with Gasteiger partial charge in [0.05, 0.1) is 12.5 Å². The Balaban J connectivity index is 2.69. The quantitative estimate of drug-likeness (QED) is 0.535. The van der Waals surface area contributed by atoms with Crippen molar-refractivity contribution in [3.8, 4) is 0 Å². The average molecular weight is 258 g/mol. The number of carbonyl (C=O) groups is 3. The van der Waals surface area contributed by atoms with E-state index in [2.05, 4.69) is 5.32 Å². The summed E-state index contributed by atoms with van der Waals surface area (Å²) in [7, 11) is 0. The minimum Gasteiger partial charge on any atom is -0.481 e. The first-order valence-electron chi connectivity index (χ1n) is 5.90. The molecule has 102 valence electrons. The standard InChI is InChI=1S/C11H18N2O5/c12-7(6-8(14)15)9(16)13-11(10(17)18)4-2-1-3-5-11/h7H,1-6,12H2,(H,13,16)(H,14,15)(H,17,18)/t7-/m0/s1. The van der Waals surface area contributed by atoms with Gasteiger partial charge < -0.3 is 21.3 Å². The summed E-state index contributed by atoms with van der Waals surface area (Å²) in [6.07, 6.45) is 2.58. The molecule has 0 radical (unpaired) electrons. The van der Waals surface area contributed by atoms with Crippen LogP contribution in [0.2, 0.25) is 0 Å². The molecule has 0 unspecified atom stereocenters. The highest BCUT2D eigenvalue weighted by Crippen LogP contribution is 2.28. The Hall–Kier alpha value is -1.63. The van der Waals surface area contributed by atoms with Gasteiger partial charge in [0, 0.05) is 0 Å². The lowest BCUT2D eigenvalue weighted by Crippen LogP contribution is -2.59. The summed E-state index contributed by atoms with van der Waals surface area (Å²) in [6, 6.07) is -1.22. The molecule has 0 bridgehead atoms. The molecule has 1 fully saturated rings. The van der Waals surface area contributed by atoms with E-state index >= 15 is 0 Å². The molecule has 0 saturated heterocycles. The largest absolute Gasteiger partial charge is 0.481 e. The fourth-order valence-corrected chi connectivity index (χ4v) is 2.16. The number of carboxylic acid groups (broad SMARTS) is 2. The highest BCUT2D eigenvalue weighted by Gasteiger charge is 2.41. The van der Waals surface area contributed by atoms with E-state index in [4.69, 9.17) is 10.8 Å². The maximum atomic E-state index is 11.7. The predicted molar refractivity (Wildman–Crippen MR) is 61.8 cm³/mol. The number of rotatable bonds is 5. The number of hydrogen-bond acceptors (Lipinski definition) is 4. The molecule has 1 aliphatic carbocycles. The Bertz CT molecular complexity index is 349. The van der Waals surface area contributed by atoms with Gasteiger partial charge in [-0.1, -0.05) is 19.3 Å². The van der Waals surface area contributed by atoms with Crippen molar-refractivity contribution in [2.75, 3.05) is 0 Å². The number of carboxylic acids is 2. The summed E-state index contributed by atoms with van der Waals surface area (Å²) in [5, 5.41) is 20.2. The minimum absolute atomic E-state index is 0.355. The summed E-state index contributed by atoms with van der Waals surface area (Å²) in [5.41, 5.74) is 4.12. The lowest BCUT2D eigenvalue weighted by Gasteiger charge is -2.34. The van der Waals surface area contributed by atoms with Crippen molar-refractivity contribution in [3.63, 3.8) is 0 Å². The molecule has 0 aromatic carbocycles. The molecule has 0 aromatic heterocycles. The van der Waals surface area contributed by atoms with Crippen LogP contribution in [0.5, 0.6) is 0 Å². The first kappa shape index (κ1) is 14.4. The Labute approximate surface area is 104 Å². The second kappa shape index (κ2) is 5.81. The maximum absolute atomic E-state index is 11.7. The van der Waals surface area contributed by atoms with Crippen molar-refractivity contribution < 1.29 is 24.6 Å². The van der Waals surface area contributed by atoms with Gasteiger partial charge in [-0.3, -0.25) is 9.59 Å². The number of amides is 1. The van der Waals surface area contributed by atoms with Crippen LogP contribution >= 0.6 is 0 Å². The molecule has 1 amide bonds. The van der Waals surface area contributed by atoms with E-state index in [0.29, 0.717) is 12.8 Å². The number of carbonyl (C=O) groups excluding carboxylic acids is 1. The summed E-state index contributed by atoms with van der Waals surface area (Å²) in [4.78, 5) is 33.4. The van der Waals surface area contributed by atoms with E-state index < -0.39 is 35.8 Å². The number of hydrogen-bond donors (Lipinski definition) is 4. The van der Waals surface area contributed by atoms with E-state index in [1.807, 2.05) is 0 Å². The van der Waals surface area contributed by atoms with Crippen molar-refractivity contribution >= 4 is 17.8 Å². The lowest BCUT2D eigenvalue weighted by atomic mass is 9.81. The van der Waals surface area contributed by atoms with E-state index in [0.717, 1.165) is 19.3 Å². The second-order valence-corrected chi connectivity index (χ2v) is 4.64. The zero-order chi connectivity index (χ0) is 13.8. The molecule has 1 aliphatic rings. The van der Waals surface area contributed by atoms with E-state index in [-0.39, 0.29) is 0 Å². The first-order valence-corrected chi connectivity index (χ1v) is 5.90. The van der Waals surface area contributed by atoms with Crippen LogP contribution in [0, 0.1) is 0 Å². The highest BCUT2D eigenvalue weighted by atomic mass is 16.4. The summed E-state index contributed by atoms with van der Waals surface area (Å²) < 4.78 is 0. The summed E-state index contributed by atoms with van der Waals surface area (Å²) in [6.45, 7) is 0. The SMILES string of the molecule is N[C@@H](CC(=O)O)C(=O)NC1(C(=O)O)CCCCC1. The summed E-state index contributed by atoms with van der Waals surface area (Å²) >= 11 is 0. The zero-order valence-electron chi connectivity index (χ0n) is 10.0. The average Bonchev–Trinajstić information content (AvgIpc) is 2.29. The third-order valence-electron chi connectivity index (χ3n) is 3.21. The van der Waals surface area contributed by atoms with Crippen LogP contribution < -0.4 is 11.1 Å². The normalized spacial score (nSPS) is 19.8. The molecule has 1 rings (SSSR count). The van der Waals surface area contributed by atoms with E-state index in [9.17, 15) is 19.5 Å². The molecule has 0 heterocycles. The molecule has 5 N–H and O–H groups in total. The Morgan fingerprint density at radius 2 is 1.72 bits per heavy atom. The van der Waals surface area contributed by atoms with Crippen LogP contribution in [0.4, 0.5) is 0 Å². The molecule has 18 heavy (non-hydrogen) atoms. The van der Waals surface area contributed by atoms with Gasteiger partial charge in [-0.25, -0.2) is 4.79 Å². The fourth-order valence-electron chi connectivity index (χ4n) is 2.16. The molecule has 7 heteroatoms. The van der Waals surface area contributed by atoms with Crippen molar-refractivity contribution in [2.45, 2.75) is 50.1 Å². The third kappa shape index (κ3) is 3.43. The van der Waals surface area contributed by atoms with Gasteiger partial charge in [0.1, 0.15) is 5.54 Å². The van der Waals surface area contributed by atoms with Gasteiger partial charge in [0.15, 0.2) is 0 Å². The van der Waals surface area contributed by atoms with Crippen LogP contribution in [0.15, 0.2) is 0 Å².